The molecule has 1 unspecified atom stereocenters. The average Bonchev–Trinajstić information content (AvgIpc) is 3.49. The van der Waals surface area contributed by atoms with E-state index < -0.39 is 0 Å². The first-order chi connectivity index (χ1) is 19.1. The largest absolute Gasteiger partial charge is 0.378 e. The number of aromatic nitrogens is 2. The van der Waals surface area contributed by atoms with Gasteiger partial charge in [0.05, 0.1) is 24.1 Å². The van der Waals surface area contributed by atoms with E-state index in [1.54, 1.807) is 24.9 Å². The standard InChI is InChI=1S/C29H34FN5O3S/c1-37-19-23-17-27(35-14-12-34(13-15-35)26-7-3-2-6-25(26)30)33-29(32-23)39-20-21-8-10-22(11-9-21)28(36)31-18-24-5-4-16-38-24/h2-3,6-11,17,24H,4-5,12-16,18-20H2,1H3,(H,31,36). The molecule has 0 bridgehead atoms. The molecule has 3 aromatic rings. The summed E-state index contributed by atoms with van der Waals surface area (Å²) < 4.78 is 25.2. The van der Waals surface area contributed by atoms with E-state index in [9.17, 15) is 9.18 Å². The maximum Gasteiger partial charge on any atom is 0.251 e. The number of piperazine rings is 1. The number of nitrogens with one attached hydrogen (secondary N) is 1. The molecule has 0 saturated carbocycles. The zero-order valence-electron chi connectivity index (χ0n) is 22.1. The highest BCUT2D eigenvalue weighted by atomic mass is 32.2. The number of thioether (sulfide) groups is 1. The smallest absolute Gasteiger partial charge is 0.251 e. The van der Waals surface area contributed by atoms with E-state index in [2.05, 4.69) is 20.1 Å². The third kappa shape index (κ3) is 7.26. The molecule has 10 heteroatoms. The van der Waals surface area contributed by atoms with Crippen molar-refractivity contribution in [1.82, 2.24) is 15.3 Å². The zero-order valence-corrected chi connectivity index (χ0v) is 23.0. The van der Waals surface area contributed by atoms with Crippen molar-refractivity contribution in [3.05, 3.63) is 77.2 Å². The van der Waals surface area contributed by atoms with Gasteiger partial charge in [0.25, 0.3) is 5.91 Å². The van der Waals surface area contributed by atoms with Crippen molar-refractivity contribution in [1.29, 1.82) is 0 Å². The quantitative estimate of drug-likeness (QED) is 0.295. The van der Waals surface area contributed by atoms with E-state index >= 15 is 0 Å². The number of rotatable bonds is 10. The summed E-state index contributed by atoms with van der Waals surface area (Å²) in [6.07, 6.45) is 2.17. The number of para-hydroxylation sites is 1. The van der Waals surface area contributed by atoms with Crippen LogP contribution in [0.1, 0.15) is 34.5 Å². The van der Waals surface area contributed by atoms with Gasteiger partial charge in [0, 0.05) is 63.8 Å². The maximum atomic E-state index is 14.2. The number of carbonyl (C=O) groups is 1. The van der Waals surface area contributed by atoms with Crippen LogP contribution in [-0.2, 0) is 21.8 Å². The first-order valence-corrected chi connectivity index (χ1v) is 14.3. The van der Waals surface area contributed by atoms with Crippen molar-refractivity contribution < 1.29 is 18.7 Å². The fraction of sp³-hybridized carbons (Fsp3) is 0.414. The minimum Gasteiger partial charge on any atom is -0.378 e. The fourth-order valence-electron chi connectivity index (χ4n) is 4.81. The number of anilines is 2. The van der Waals surface area contributed by atoms with Gasteiger partial charge in [-0.25, -0.2) is 14.4 Å². The number of hydrogen-bond donors (Lipinski definition) is 1. The molecule has 2 aliphatic heterocycles. The van der Waals surface area contributed by atoms with E-state index in [4.69, 9.17) is 14.5 Å². The van der Waals surface area contributed by atoms with E-state index in [-0.39, 0.29) is 17.8 Å². The highest BCUT2D eigenvalue weighted by Crippen LogP contribution is 2.26. The third-order valence-corrected chi connectivity index (χ3v) is 7.85. The van der Waals surface area contributed by atoms with Crippen LogP contribution in [0, 0.1) is 5.82 Å². The van der Waals surface area contributed by atoms with E-state index in [1.807, 2.05) is 42.5 Å². The van der Waals surface area contributed by atoms with Crippen molar-refractivity contribution in [3.63, 3.8) is 0 Å². The molecule has 0 spiro atoms. The first-order valence-electron chi connectivity index (χ1n) is 13.3. The molecule has 1 N–H and O–H groups in total. The molecule has 1 aromatic heterocycles. The average molecular weight is 552 g/mol. The molecular weight excluding hydrogens is 517 g/mol. The Balaban J connectivity index is 1.18. The lowest BCUT2D eigenvalue weighted by Gasteiger charge is -2.37. The number of benzene rings is 2. The molecule has 2 fully saturated rings. The predicted octanol–water partition coefficient (Wildman–Crippen LogP) is 4.29. The second-order valence-electron chi connectivity index (χ2n) is 9.69. The second-order valence-corrected chi connectivity index (χ2v) is 10.6. The lowest BCUT2D eigenvalue weighted by Crippen LogP contribution is -2.47. The minimum absolute atomic E-state index is 0.0833. The Morgan fingerprint density at radius 3 is 2.59 bits per heavy atom. The molecule has 2 aromatic carbocycles. The third-order valence-electron chi connectivity index (χ3n) is 6.93. The topological polar surface area (TPSA) is 79.8 Å². The lowest BCUT2D eigenvalue weighted by molar-refractivity contribution is 0.0858. The molecule has 39 heavy (non-hydrogen) atoms. The predicted molar refractivity (Wildman–Crippen MR) is 151 cm³/mol. The number of amides is 1. The highest BCUT2D eigenvalue weighted by molar-refractivity contribution is 7.98. The molecule has 0 aliphatic carbocycles. The zero-order chi connectivity index (χ0) is 27.0. The van der Waals surface area contributed by atoms with E-state index in [1.165, 1.54) is 6.07 Å². The van der Waals surface area contributed by atoms with Crippen LogP contribution in [0.15, 0.2) is 59.8 Å². The van der Waals surface area contributed by atoms with Crippen LogP contribution in [0.2, 0.25) is 0 Å². The summed E-state index contributed by atoms with van der Waals surface area (Å²) in [6, 6.07) is 16.5. The van der Waals surface area contributed by atoms with E-state index in [0.717, 1.165) is 49.6 Å². The Hall–Kier alpha value is -3.21. The van der Waals surface area contributed by atoms with Gasteiger partial charge in [0.2, 0.25) is 0 Å². The molecule has 0 radical (unpaired) electrons. The number of carbonyl (C=O) groups excluding carboxylic acids is 1. The van der Waals surface area contributed by atoms with Crippen molar-refractivity contribution in [2.24, 2.45) is 0 Å². The minimum atomic E-state index is -0.193. The van der Waals surface area contributed by atoms with Crippen LogP contribution in [0.4, 0.5) is 15.9 Å². The SMILES string of the molecule is COCc1cc(N2CCN(c3ccccc3F)CC2)nc(SCc2ccc(C(=O)NCC3CCCO3)cc2)n1. The number of halogens is 1. The molecular formula is C29H34FN5O3S. The normalized spacial score (nSPS) is 17.4. The molecule has 2 saturated heterocycles. The lowest BCUT2D eigenvalue weighted by atomic mass is 10.1. The van der Waals surface area contributed by atoms with Gasteiger partial charge in [-0.2, -0.15) is 0 Å². The van der Waals surface area contributed by atoms with Crippen molar-refractivity contribution >= 4 is 29.2 Å². The highest BCUT2D eigenvalue weighted by Gasteiger charge is 2.22. The summed E-state index contributed by atoms with van der Waals surface area (Å²) in [7, 11) is 1.65. The summed E-state index contributed by atoms with van der Waals surface area (Å²) in [4.78, 5) is 26.3. The summed E-state index contributed by atoms with van der Waals surface area (Å²) in [5.41, 5.74) is 3.18. The molecule has 8 nitrogen and oxygen atoms in total. The molecule has 1 atom stereocenters. The molecule has 1 amide bonds. The van der Waals surface area contributed by atoms with Gasteiger partial charge in [-0.3, -0.25) is 4.79 Å². The van der Waals surface area contributed by atoms with Crippen LogP contribution >= 0.6 is 11.8 Å². The van der Waals surface area contributed by atoms with Crippen LogP contribution in [0.25, 0.3) is 0 Å². The van der Waals surface area contributed by atoms with E-state index in [0.29, 0.717) is 48.4 Å². The van der Waals surface area contributed by atoms with Gasteiger partial charge in [0.15, 0.2) is 5.16 Å². The Bertz CT molecular complexity index is 1250. The Kier molecular flexibility index (Phi) is 9.28. The van der Waals surface area contributed by atoms with Gasteiger partial charge in [-0.05, 0) is 42.7 Å². The number of ether oxygens (including phenoxy) is 2. The van der Waals surface area contributed by atoms with Crippen molar-refractivity contribution in [2.45, 2.75) is 36.5 Å². The van der Waals surface area contributed by atoms with Gasteiger partial charge >= 0.3 is 0 Å². The summed E-state index contributed by atoms with van der Waals surface area (Å²) in [5.74, 6) is 1.25. The van der Waals surface area contributed by atoms with Crippen LogP contribution in [0.5, 0.6) is 0 Å². The molecule has 3 heterocycles. The fourth-order valence-corrected chi connectivity index (χ4v) is 5.63. The summed E-state index contributed by atoms with van der Waals surface area (Å²) in [6.45, 7) is 4.61. The monoisotopic (exact) mass is 551 g/mol. The maximum absolute atomic E-state index is 14.2. The number of nitrogens with zero attached hydrogens (tertiary/aromatic N) is 4. The summed E-state index contributed by atoms with van der Waals surface area (Å²) >= 11 is 1.55. The summed E-state index contributed by atoms with van der Waals surface area (Å²) in [5, 5.41) is 3.64. The van der Waals surface area contributed by atoms with Crippen molar-refractivity contribution in [3.8, 4) is 0 Å². The van der Waals surface area contributed by atoms with Gasteiger partial charge in [-0.15, -0.1) is 0 Å². The van der Waals surface area contributed by atoms with Crippen LogP contribution < -0.4 is 15.1 Å². The van der Waals surface area contributed by atoms with Crippen LogP contribution in [0.3, 0.4) is 0 Å². The van der Waals surface area contributed by atoms with Gasteiger partial charge < -0.3 is 24.6 Å². The Labute approximate surface area is 232 Å². The molecule has 2 aliphatic rings. The first kappa shape index (κ1) is 27.4. The van der Waals surface area contributed by atoms with Gasteiger partial charge in [-0.1, -0.05) is 36.0 Å². The molecule has 5 rings (SSSR count). The van der Waals surface area contributed by atoms with Gasteiger partial charge in [0.1, 0.15) is 11.6 Å². The Morgan fingerprint density at radius 2 is 1.87 bits per heavy atom. The number of hydrogen-bond acceptors (Lipinski definition) is 8. The Morgan fingerprint density at radius 1 is 1.10 bits per heavy atom. The second kappa shape index (κ2) is 13.2. The van der Waals surface area contributed by atoms with Crippen LogP contribution in [-0.4, -0.2) is 68.4 Å². The molecule has 206 valence electrons. The number of methoxy groups -OCH3 is 1. The van der Waals surface area contributed by atoms with Crippen molar-refractivity contribution in [2.75, 3.05) is 56.2 Å².